The SMILES string of the molecule is COc1ccccc1CNC(=O)CCN(C(C)=O)c1ccccc1Cl. The molecule has 0 saturated carbocycles. The van der Waals surface area contributed by atoms with Crippen LogP contribution >= 0.6 is 11.6 Å². The molecule has 0 spiro atoms. The van der Waals surface area contributed by atoms with Crippen molar-refractivity contribution in [3.05, 3.63) is 59.1 Å². The maximum absolute atomic E-state index is 12.1. The molecule has 0 unspecified atom stereocenters. The molecule has 2 rings (SSSR count). The van der Waals surface area contributed by atoms with Crippen LogP contribution in [0.3, 0.4) is 0 Å². The highest BCUT2D eigenvalue weighted by atomic mass is 35.5. The van der Waals surface area contributed by atoms with E-state index in [0.29, 0.717) is 17.3 Å². The number of anilines is 1. The van der Waals surface area contributed by atoms with Gasteiger partial charge in [0.1, 0.15) is 5.75 Å². The molecule has 5 nitrogen and oxygen atoms in total. The molecule has 0 saturated heterocycles. The van der Waals surface area contributed by atoms with Gasteiger partial charge in [-0.05, 0) is 18.2 Å². The molecular formula is C19H21ClN2O3. The lowest BCUT2D eigenvalue weighted by Crippen LogP contribution is -2.34. The van der Waals surface area contributed by atoms with Crippen molar-refractivity contribution in [1.29, 1.82) is 0 Å². The fourth-order valence-corrected chi connectivity index (χ4v) is 2.70. The van der Waals surface area contributed by atoms with E-state index in [0.717, 1.165) is 11.3 Å². The van der Waals surface area contributed by atoms with E-state index in [4.69, 9.17) is 16.3 Å². The lowest BCUT2D eigenvalue weighted by atomic mass is 10.2. The largest absolute Gasteiger partial charge is 0.496 e. The highest BCUT2D eigenvalue weighted by Crippen LogP contribution is 2.25. The number of hydrogen-bond acceptors (Lipinski definition) is 3. The van der Waals surface area contributed by atoms with Gasteiger partial charge >= 0.3 is 0 Å². The highest BCUT2D eigenvalue weighted by molar-refractivity contribution is 6.33. The first-order chi connectivity index (χ1) is 12.0. The topological polar surface area (TPSA) is 58.6 Å². The number of hydrogen-bond donors (Lipinski definition) is 1. The Kier molecular flexibility index (Phi) is 6.83. The summed E-state index contributed by atoms with van der Waals surface area (Å²) in [6.45, 7) is 2.09. The van der Waals surface area contributed by atoms with Gasteiger partial charge < -0.3 is 15.0 Å². The first-order valence-corrected chi connectivity index (χ1v) is 8.32. The molecule has 2 aromatic carbocycles. The Balaban J connectivity index is 1.93. The maximum Gasteiger partial charge on any atom is 0.223 e. The minimum Gasteiger partial charge on any atom is -0.496 e. The second-order valence-corrected chi connectivity index (χ2v) is 5.87. The highest BCUT2D eigenvalue weighted by Gasteiger charge is 2.16. The van der Waals surface area contributed by atoms with Gasteiger partial charge in [0.15, 0.2) is 0 Å². The van der Waals surface area contributed by atoms with Crippen LogP contribution in [-0.4, -0.2) is 25.5 Å². The van der Waals surface area contributed by atoms with Crippen molar-refractivity contribution in [3.8, 4) is 5.75 Å². The number of para-hydroxylation sites is 2. The standard InChI is InChI=1S/C19H21ClN2O3/c1-14(23)22(17-9-5-4-8-16(17)20)12-11-19(24)21-13-15-7-3-6-10-18(15)25-2/h3-10H,11-13H2,1-2H3,(H,21,24). The van der Waals surface area contributed by atoms with Crippen LogP contribution in [0.5, 0.6) is 5.75 Å². The zero-order valence-corrected chi connectivity index (χ0v) is 15.0. The summed E-state index contributed by atoms with van der Waals surface area (Å²) in [4.78, 5) is 25.5. The van der Waals surface area contributed by atoms with Crippen molar-refractivity contribution in [2.75, 3.05) is 18.6 Å². The third-order valence-electron chi connectivity index (χ3n) is 3.75. The monoisotopic (exact) mass is 360 g/mol. The molecule has 25 heavy (non-hydrogen) atoms. The third-order valence-corrected chi connectivity index (χ3v) is 4.07. The minimum atomic E-state index is -0.161. The van der Waals surface area contributed by atoms with Gasteiger partial charge in [-0.3, -0.25) is 9.59 Å². The Morgan fingerprint density at radius 1 is 1.12 bits per heavy atom. The van der Waals surface area contributed by atoms with Crippen molar-refractivity contribution >= 4 is 29.1 Å². The Labute approximate surface area is 152 Å². The summed E-state index contributed by atoms with van der Waals surface area (Å²) in [5, 5.41) is 3.32. The predicted octanol–water partition coefficient (Wildman–Crippen LogP) is 3.41. The lowest BCUT2D eigenvalue weighted by Gasteiger charge is -2.22. The van der Waals surface area contributed by atoms with E-state index in [9.17, 15) is 9.59 Å². The molecule has 0 aliphatic carbocycles. The number of carbonyl (C=O) groups is 2. The number of methoxy groups -OCH3 is 1. The lowest BCUT2D eigenvalue weighted by molar-refractivity contribution is -0.121. The van der Waals surface area contributed by atoms with Gasteiger partial charge in [0.05, 0.1) is 17.8 Å². The quantitative estimate of drug-likeness (QED) is 0.823. The molecule has 0 aliphatic rings. The Morgan fingerprint density at radius 2 is 1.80 bits per heavy atom. The molecule has 6 heteroatoms. The van der Waals surface area contributed by atoms with Crippen LogP contribution < -0.4 is 15.0 Å². The summed E-state index contributed by atoms with van der Waals surface area (Å²) in [7, 11) is 1.59. The number of carbonyl (C=O) groups excluding carboxylic acids is 2. The number of benzene rings is 2. The Hall–Kier alpha value is -2.53. The molecule has 0 atom stereocenters. The number of ether oxygens (including phenoxy) is 1. The second-order valence-electron chi connectivity index (χ2n) is 5.46. The smallest absolute Gasteiger partial charge is 0.223 e. The fraction of sp³-hybridized carbons (Fsp3) is 0.263. The average molecular weight is 361 g/mol. The number of amides is 2. The number of rotatable bonds is 7. The predicted molar refractivity (Wildman–Crippen MR) is 98.9 cm³/mol. The number of halogens is 1. The van der Waals surface area contributed by atoms with Gasteiger partial charge in [-0.1, -0.05) is 41.9 Å². The third kappa shape index (κ3) is 5.22. The number of nitrogens with one attached hydrogen (secondary N) is 1. The molecule has 0 bridgehead atoms. The number of nitrogens with zero attached hydrogens (tertiary/aromatic N) is 1. The van der Waals surface area contributed by atoms with Crippen LogP contribution in [0.1, 0.15) is 18.9 Å². The first-order valence-electron chi connectivity index (χ1n) is 7.94. The molecule has 0 aromatic heterocycles. The van der Waals surface area contributed by atoms with E-state index in [1.54, 1.807) is 31.4 Å². The Morgan fingerprint density at radius 3 is 2.48 bits per heavy atom. The zero-order chi connectivity index (χ0) is 18.2. The summed E-state index contributed by atoms with van der Waals surface area (Å²) < 4.78 is 5.26. The maximum atomic E-state index is 12.1. The fourth-order valence-electron chi connectivity index (χ4n) is 2.46. The van der Waals surface area contributed by atoms with Crippen molar-refractivity contribution in [2.24, 2.45) is 0 Å². The summed E-state index contributed by atoms with van der Waals surface area (Å²) in [5.74, 6) is 0.416. The van der Waals surface area contributed by atoms with Crippen molar-refractivity contribution < 1.29 is 14.3 Å². The average Bonchev–Trinajstić information content (AvgIpc) is 2.61. The molecular weight excluding hydrogens is 340 g/mol. The zero-order valence-electron chi connectivity index (χ0n) is 14.3. The van der Waals surface area contributed by atoms with Gasteiger partial charge in [-0.15, -0.1) is 0 Å². The summed E-state index contributed by atoms with van der Waals surface area (Å²) in [6.07, 6.45) is 0.181. The molecule has 2 amide bonds. The van der Waals surface area contributed by atoms with Gasteiger partial charge in [0.2, 0.25) is 11.8 Å². The molecule has 132 valence electrons. The Bertz CT molecular complexity index is 749. The van der Waals surface area contributed by atoms with Crippen LogP contribution in [0.2, 0.25) is 5.02 Å². The molecule has 0 aliphatic heterocycles. The summed E-state index contributed by atoms with van der Waals surface area (Å²) >= 11 is 6.14. The van der Waals surface area contributed by atoms with Gasteiger partial charge in [0, 0.05) is 32.0 Å². The summed E-state index contributed by atoms with van der Waals surface area (Å²) in [5.41, 5.74) is 1.50. The van der Waals surface area contributed by atoms with Crippen LogP contribution in [-0.2, 0) is 16.1 Å². The van der Waals surface area contributed by atoms with E-state index in [1.165, 1.54) is 11.8 Å². The molecule has 1 N–H and O–H groups in total. The van der Waals surface area contributed by atoms with Crippen molar-refractivity contribution in [3.63, 3.8) is 0 Å². The van der Waals surface area contributed by atoms with E-state index < -0.39 is 0 Å². The van der Waals surface area contributed by atoms with Crippen LogP contribution in [0.15, 0.2) is 48.5 Å². The van der Waals surface area contributed by atoms with Crippen LogP contribution in [0, 0.1) is 0 Å². The molecule has 0 radical (unpaired) electrons. The normalized spacial score (nSPS) is 10.2. The van der Waals surface area contributed by atoms with Gasteiger partial charge in [-0.25, -0.2) is 0 Å². The van der Waals surface area contributed by atoms with E-state index >= 15 is 0 Å². The molecule has 2 aromatic rings. The minimum absolute atomic E-state index is 0.149. The van der Waals surface area contributed by atoms with Gasteiger partial charge in [0.25, 0.3) is 0 Å². The van der Waals surface area contributed by atoms with Crippen molar-refractivity contribution in [1.82, 2.24) is 5.32 Å². The van der Waals surface area contributed by atoms with E-state index in [-0.39, 0.29) is 24.8 Å². The van der Waals surface area contributed by atoms with E-state index in [1.807, 2.05) is 24.3 Å². The molecule has 0 heterocycles. The van der Waals surface area contributed by atoms with Crippen LogP contribution in [0.4, 0.5) is 5.69 Å². The van der Waals surface area contributed by atoms with Gasteiger partial charge in [-0.2, -0.15) is 0 Å². The van der Waals surface area contributed by atoms with Crippen molar-refractivity contribution in [2.45, 2.75) is 19.9 Å². The first kappa shape index (κ1) is 18.8. The molecule has 0 fully saturated rings. The second kappa shape index (κ2) is 9.08. The van der Waals surface area contributed by atoms with E-state index in [2.05, 4.69) is 5.32 Å². The van der Waals surface area contributed by atoms with Crippen LogP contribution in [0.25, 0.3) is 0 Å². The summed E-state index contributed by atoms with van der Waals surface area (Å²) in [6, 6.07) is 14.6.